The molecule has 0 saturated carbocycles. The van der Waals surface area contributed by atoms with Crippen molar-refractivity contribution in [3.8, 4) is 6.07 Å². The predicted molar refractivity (Wildman–Crippen MR) is 131 cm³/mol. The quantitative estimate of drug-likeness (QED) is 0.634. The Morgan fingerprint density at radius 3 is 2.78 bits per heavy atom. The SMILES string of the molecule is CC1COC(=O)N1Cc1cc2c(nc1C=O)N(C(=O)Nc1cc(N3CCCC3)c(C#N)cn1)CCC2. The zero-order valence-electron chi connectivity index (χ0n) is 20.1. The minimum absolute atomic E-state index is 0.0966. The van der Waals surface area contributed by atoms with Crippen LogP contribution in [0, 0.1) is 11.3 Å². The Labute approximate surface area is 208 Å². The third-order valence-electron chi connectivity index (χ3n) is 6.87. The van der Waals surface area contributed by atoms with Crippen molar-refractivity contribution >= 4 is 35.7 Å². The number of hydrogen-bond donors (Lipinski definition) is 1. The summed E-state index contributed by atoms with van der Waals surface area (Å²) in [4.78, 5) is 51.2. The van der Waals surface area contributed by atoms with Crippen LogP contribution in [0.1, 0.15) is 53.4 Å². The van der Waals surface area contributed by atoms with Gasteiger partial charge in [0.15, 0.2) is 6.29 Å². The second kappa shape index (κ2) is 9.81. The molecule has 2 aromatic rings. The maximum atomic E-state index is 13.3. The fraction of sp³-hybridized carbons (Fsp3) is 0.440. The summed E-state index contributed by atoms with van der Waals surface area (Å²) in [6, 6.07) is 5.26. The average Bonchev–Trinajstić information content (AvgIpc) is 3.54. The number of nitrogens with one attached hydrogen (secondary N) is 1. The number of amides is 3. The van der Waals surface area contributed by atoms with Gasteiger partial charge in [-0.3, -0.25) is 19.9 Å². The lowest BCUT2D eigenvalue weighted by Gasteiger charge is -2.29. The van der Waals surface area contributed by atoms with Gasteiger partial charge in [-0.2, -0.15) is 5.26 Å². The number of nitrogens with zero attached hydrogens (tertiary/aromatic N) is 6. The summed E-state index contributed by atoms with van der Waals surface area (Å²) in [5.74, 6) is 0.775. The van der Waals surface area contributed by atoms with E-state index in [-0.39, 0.29) is 18.3 Å². The predicted octanol–water partition coefficient (Wildman–Crippen LogP) is 3.09. The molecule has 1 unspecified atom stereocenters. The molecule has 1 atom stereocenters. The Balaban J connectivity index is 1.39. The van der Waals surface area contributed by atoms with Crippen molar-refractivity contribution in [1.82, 2.24) is 14.9 Å². The highest BCUT2D eigenvalue weighted by Crippen LogP contribution is 2.30. The topological polar surface area (TPSA) is 132 Å². The molecule has 3 aliphatic rings. The largest absolute Gasteiger partial charge is 0.447 e. The summed E-state index contributed by atoms with van der Waals surface area (Å²) < 4.78 is 5.09. The van der Waals surface area contributed by atoms with Crippen molar-refractivity contribution in [3.05, 3.63) is 40.7 Å². The highest BCUT2D eigenvalue weighted by Gasteiger charge is 2.32. The van der Waals surface area contributed by atoms with E-state index in [9.17, 15) is 19.6 Å². The molecule has 11 nitrogen and oxygen atoms in total. The maximum absolute atomic E-state index is 13.3. The van der Waals surface area contributed by atoms with Gasteiger partial charge in [0.2, 0.25) is 0 Å². The van der Waals surface area contributed by atoms with Crippen LogP contribution in [0.4, 0.5) is 26.9 Å². The molecule has 186 valence electrons. The molecule has 3 aliphatic heterocycles. The van der Waals surface area contributed by atoms with Crippen molar-refractivity contribution in [3.63, 3.8) is 0 Å². The van der Waals surface area contributed by atoms with E-state index < -0.39 is 12.1 Å². The van der Waals surface area contributed by atoms with Gasteiger partial charge in [0, 0.05) is 37.5 Å². The fourth-order valence-electron chi connectivity index (χ4n) is 4.93. The zero-order chi connectivity index (χ0) is 25.2. The summed E-state index contributed by atoms with van der Waals surface area (Å²) in [7, 11) is 0. The molecule has 36 heavy (non-hydrogen) atoms. The summed E-state index contributed by atoms with van der Waals surface area (Å²) in [5.41, 5.74) is 2.89. The highest BCUT2D eigenvalue weighted by molar-refractivity contribution is 6.02. The van der Waals surface area contributed by atoms with Gasteiger partial charge in [0.05, 0.1) is 23.8 Å². The molecule has 2 fully saturated rings. The average molecular weight is 490 g/mol. The van der Waals surface area contributed by atoms with Gasteiger partial charge in [-0.1, -0.05) is 0 Å². The van der Waals surface area contributed by atoms with Crippen LogP contribution in [-0.4, -0.2) is 65.6 Å². The molecule has 0 aliphatic carbocycles. The van der Waals surface area contributed by atoms with E-state index in [1.165, 1.54) is 11.1 Å². The van der Waals surface area contributed by atoms with Gasteiger partial charge in [0.1, 0.15) is 30.0 Å². The van der Waals surface area contributed by atoms with Crippen LogP contribution in [0.25, 0.3) is 0 Å². The first-order valence-corrected chi connectivity index (χ1v) is 12.1. The summed E-state index contributed by atoms with van der Waals surface area (Å²) in [6.07, 6.45) is 5.26. The molecular weight excluding hydrogens is 462 g/mol. The molecule has 1 N–H and O–H groups in total. The third-order valence-corrected chi connectivity index (χ3v) is 6.87. The van der Waals surface area contributed by atoms with Crippen molar-refractivity contribution in [2.24, 2.45) is 0 Å². The number of cyclic esters (lactones) is 1. The molecule has 0 bridgehead atoms. The number of aldehydes is 1. The number of ether oxygens (including phenoxy) is 1. The van der Waals surface area contributed by atoms with Crippen LogP contribution in [-0.2, 0) is 17.7 Å². The lowest BCUT2D eigenvalue weighted by molar-refractivity contribution is 0.111. The van der Waals surface area contributed by atoms with Crippen LogP contribution in [0.3, 0.4) is 0 Å². The van der Waals surface area contributed by atoms with Crippen LogP contribution >= 0.6 is 0 Å². The number of hydrogen-bond acceptors (Lipinski definition) is 8. The standard InChI is InChI=1S/C25H27N7O4/c1-16-15-36-25(35)32(16)13-18-9-17-5-4-8-31(23(17)28-20(18)14-33)24(34)29-22-10-21(19(11-26)12-27-22)30-6-2-3-7-30/h9-10,12,14,16H,2-8,13,15H2,1H3,(H,27,29,34). The van der Waals surface area contributed by atoms with E-state index in [0.717, 1.165) is 43.6 Å². The molecule has 3 amide bonds. The maximum Gasteiger partial charge on any atom is 0.410 e. The molecule has 0 spiro atoms. The van der Waals surface area contributed by atoms with E-state index in [2.05, 4.69) is 26.3 Å². The highest BCUT2D eigenvalue weighted by atomic mass is 16.6. The number of carbonyl (C=O) groups is 3. The number of pyridine rings is 2. The normalized spacial score (nSPS) is 19.1. The van der Waals surface area contributed by atoms with E-state index in [0.29, 0.717) is 48.6 Å². The first-order chi connectivity index (χ1) is 17.5. The number of aromatic nitrogens is 2. The van der Waals surface area contributed by atoms with Crippen molar-refractivity contribution < 1.29 is 19.1 Å². The van der Waals surface area contributed by atoms with Crippen LogP contribution < -0.4 is 15.1 Å². The Hall–Kier alpha value is -4.20. The Morgan fingerprint density at radius 1 is 1.28 bits per heavy atom. The van der Waals surface area contributed by atoms with E-state index in [1.54, 1.807) is 11.0 Å². The summed E-state index contributed by atoms with van der Waals surface area (Å²) >= 11 is 0. The molecular formula is C25H27N7O4. The molecule has 0 radical (unpaired) electrons. The lowest BCUT2D eigenvalue weighted by Crippen LogP contribution is -2.40. The molecule has 11 heteroatoms. The Kier molecular flexibility index (Phi) is 6.41. The van der Waals surface area contributed by atoms with Crippen molar-refractivity contribution in [1.29, 1.82) is 5.26 Å². The number of carbonyl (C=O) groups excluding carboxylic acids is 3. The minimum atomic E-state index is -0.415. The summed E-state index contributed by atoms with van der Waals surface area (Å²) in [6.45, 7) is 4.57. The monoisotopic (exact) mass is 489 g/mol. The number of urea groups is 1. The van der Waals surface area contributed by atoms with Crippen molar-refractivity contribution in [2.75, 3.05) is 41.4 Å². The Morgan fingerprint density at radius 2 is 2.08 bits per heavy atom. The van der Waals surface area contributed by atoms with Crippen molar-refractivity contribution in [2.45, 2.75) is 45.2 Å². The minimum Gasteiger partial charge on any atom is -0.447 e. The third kappa shape index (κ3) is 4.42. The molecule has 2 saturated heterocycles. The second-order valence-electron chi connectivity index (χ2n) is 9.27. The summed E-state index contributed by atoms with van der Waals surface area (Å²) in [5, 5.41) is 12.3. The molecule has 5 heterocycles. The second-order valence-corrected chi connectivity index (χ2v) is 9.27. The smallest absolute Gasteiger partial charge is 0.410 e. The first kappa shape index (κ1) is 23.5. The Bertz CT molecular complexity index is 1250. The van der Waals surface area contributed by atoms with E-state index in [4.69, 9.17) is 4.74 Å². The van der Waals surface area contributed by atoms with Gasteiger partial charge in [-0.15, -0.1) is 0 Å². The number of aryl methyl sites for hydroxylation is 1. The van der Waals surface area contributed by atoms with Crippen LogP contribution in [0.2, 0.25) is 0 Å². The zero-order valence-corrected chi connectivity index (χ0v) is 20.1. The van der Waals surface area contributed by atoms with Gasteiger partial charge in [-0.25, -0.2) is 19.6 Å². The van der Waals surface area contributed by atoms with Gasteiger partial charge < -0.3 is 9.64 Å². The van der Waals surface area contributed by atoms with Gasteiger partial charge in [-0.05, 0) is 44.2 Å². The van der Waals surface area contributed by atoms with Crippen LogP contribution in [0.5, 0.6) is 0 Å². The first-order valence-electron chi connectivity index (χ1n) is 12.1. The number of fused-ring (bicyclic) bond motifs is 1. The number of nitriles is 1. The fourth-order valence-corrected chi connectivity index (χ4v) is 4.93. The molecule has 5 rings (SSSR count). The number of anilines is 3. The van der Waals surface area contributed by atoms with Gasteiger partial charge in [0.25, 0.3) is 0 Å². The van der Waals surface area contributed by atoms with E-state index >= 15 is 0 Å². The van der Waals surface area contributed by atoms with E-state index in [1.807, 2.05) is 13.0 Å². The lowest BCUT2D eigenvalue weighted by atomic mass is 10.0. The molecule has 2 aromatic heterocycles. The molecule has 0 aromatic carbocycles. The van der Waals surface area contributed by atoms with Crippen LogP contribution in [0.15, 0.2) is 18.3 Å². The number of rotatable bonds is 5. The van der Waals surface area contributed by atoms with Gasteiger partial charge >= 0.3 is 12.1 Å².